The number of carbonyl (C=O) groups is 2. The van der Waals surface area contributed by atoms with Crippen LogP contribution in [0.15, 0.2) is 54.7 Å². The number of rotatable bonds is 6. The lowest BCUT2D eigenvalue weighted by molar-refractivity contribution is -0.384. The van der Waals surface area contributed by atoms with Crippen LogP contribution in [0.25, 0.3) is 5.69 Å². The molecular formula is C19H15ClN4O5. The van der Waals surface area contributed by atoms with Crippen LogP contribution in [0.3, 0.4) is 0 Å². The Balaban J connectivity index is 1.80. The summed E-state index contributed by atoms with van der Waals surface area (Å²) in [6.45, 7) is 1.95. The average molecular weight is 415 g/mol. The van der Waals surface area contributed by atoms with E-state index >= 15 is 0 Å². The molecule has 1 heterocycles. The van der Waals surface area contributed by atoms with Crippen molar-refractivity contribution in [2.24, 2.45) is 0 Å². The molecule has 1 N–H and O–H groups in total. The first-order valence-corrected chi connectivity index (χ1v) is 8.85. The summed E-state index contributed by atoms with van der Waals surface area (Å²) in [5.74, 6) is -1.06. The van der Waals surface area contributed by atoms with Gasteiger partial charge in [0.2, 0.25) is 0 Å². The number of halogens is 1. The predicted molar refractivity (Wildman–Crippen MR) is 106 cm³/mol. The van der Waals surface area contributed by atoms with Crippen molar-refractivity contribution in [1.82, 2.24) is 9.78 Å². The molecule has 0 bridgehead atoms. The highest BCUT2D eigenvalue weighted by Gasteiger charge is 2.17. The summed E-state index contributed by atoms with van der Waals surface area (Å²) >= 11 is 5.77. The minimum atomic E-state index is -0.654. The van der Waals surface area contributed by atoms with Crippen LogP contribution in [0.2, 0.25) is 5.02 Å². The van der Waals surface area contributed by atoms with Crippen LogP contribution in [0.4, 0.5) is 11.4 Å². The Kier molecular flexibility index (Phi) is 5.89. The summed E-state index contributed by atoms with van der Waals surface area (Å²) in [7, 11) is 0. The Morgan fingerprint density at radius 3 is 2.76 bits per heavy atom. The van der Waals surface area contributed by atoms with Gasteiger partial charge in [-0.25, -0.2) is 9.48 Å². The molecule has 0 aliphatic heterocycles. The van der Waals surface area contributed by atoms with Gasteiger partial charge >= 0.3 is 5.97 Å². The van der Waals surface area contributed by atoms with E-state index in [1.165, 1.54) is 22.9 Å². The second kappa shape index (κ2) is 8.53. The van der Waals surface area contributed by atoms with Gasteiger partial charge in [-0.05, 0) is 43.3 Å². The first-order valence-electron chi connectivity index (χ1n) is 8.47. The van der Waals surface area contributed by atoms with E-state index in [1.54, 1.807) is 37.4 Å². The summed E-state index contributed by atoms with van der Waals surface area (Å²) in [5, 5.41) is 17.8. The SMILES string of the molecule is CCOC(=O)c1ccn(-c2cccc(NC(=O)c3ccc(Cl)c([N+](=O)[O-])c3)c2)n1. The van der Waals surface area contributed by atoms with Crippen molar-refractivity contribution >= 4 is 34.9 Å². The molecular weight excluding hydrogens is 400 g/mol. The third-order valence-corrected chi connectivity index (χ3v) is 4.17. The van der Waals surface area contributed by atoms with Crippen molar-refractivity contribution in [3.05, 3.63) is 81.1 Å². The van der Waals surface area contributed by atoms with Gasteiger partial charge in [0.15, 0.2) is 5.69 Å². The molecule has 0 fully saturated rings. The Morgan fingerprint density at radius 1 is 1.24 bits per heavy atom. The van der Waals surface area contributed by atoms with Gasteiger partial charge in [-0.2, -0.15) is 5.10 Å². The van der Waals surface area contributed by atoms with Gasteiger partial charge in [0, 0.05) is 23.5 Å². The van der Waals surface area contributed by atoms with Crippen LogP contribution < -0.4 is 5.32 Å². The van der Waals surface area contributed by atoms with Gasteiger partial charge in [-0.15, -0.1) is 0 Å². The topological polar surface area (TPSA) is 116 Å². The second-order valence-corrected chi connectivity index (χ2v) is 6.20. The number of anilines is 1. The molecule has 9 nitrogen and oxygen atoms in total. The lowest BCUT2D eigenvalue weighted by atomic mass is 10.2. The summed E-state index contributed by atoms with van der Waals surface area (Å²) in [6.07, 6.45) is 1.59. The molecule has 1 amide bonds. The van der Waals surface area contributed by atoms with Crippen LogP contribution >= 0.6 is 11.6 Å². The fourth-order valence-electron chi connectivity index (χ4n) is 2.50. The van der Waals surface area contributed by atoms with Crippen LogP contribution in [0.1, 0.15) is 27.8 Å². The number of nitrogens with zero attached hydrogens (tertiary/aromatic N) is 3. The lowest BCUT2D eigenvalue weighted by Gasteiger charge is -2.08. The summed E-state index contributed by atoms with van der Waals surface area (Å²) < 4.78 is 6.38. The van der Waals surface area contributed by atoms with Gasteiger partial charge < -0.3 is 10.1 Å². The van der Waals surface area contributed by atoms with E-state index in [9.17, 15) is 19.7 Å². The predicted octanol–water partition coefficient (Wildman–Crippen LogP) is 3.86. The normalized spacial score (nSPS) is 10.4. The molecule has 0 saturated heterocycles. The number of nitro groups is 1. The number of hydrogen-bond donors (Lipinski definition) is 1. The smallest absolute Gasteiger partial charge is 0.358 e. The Labute approximate surface area is 170 Å². The number of aromatic nitrogens is 2. The number of nitrogens with one attached hydrogen (secondary N) is 1. The molecule has 0 saturated carbocycles. The van der Waals surface area contributed by atoms with Crippen LogP contribution in [0.5, 0.6) is 0 Å². The van der Waals surface area contributed by atoms with Gasteiger partial charge in [0.25, 0.3) is 11.6 Å². The number of esters is 1. The van der Waals surface area contributed by atoms with E-state index < -0.39 is 16.8 Å². The third-order valence-electron chi connectivity index (χ3n) is 3.85. The largest absolute Gasteiger partial charge is 0.461 e. The molecule has 0 aliphatic carbocycles. The van der Waals surface area contributed by atoms with E-state index in [0.29, 0.717) is 11.4 Å². The molecule has 0 radical (unpaired) electrons. The van der Waals surface area contributed by atoms with E-state index in [2.05, 4.69) is 10.4 Å². The van der Waals surface area contributed by atoms with Crippen molar-refractivity contribution in [1.29, 1.82) is 0 Å². The quantitative estimate of drug-likeness (QED) is 0.372. The van der Waals surface area contributed by atoms with Gasteiger partial charge in [0.05, 0.1) is 17.2 Å². The van der Waals surface area contributed by atoms with E-state index in [-0.39, 0.29) is 28.6 Å². The molecule has 2 aromatic carbocycles. The molecule has 148 valence electrons. The van der Waals surface area contributed by atoms with Crippen molar-refractivity contribution in [2.45, 2.75) is 6.92 Å². The molecule has 0 unspecified atom stereocenters. The Hall–Kier alpha value is -3.72. The highest BCUT2D eigenvalue weighted by atomic mass is 35.5. The maximum Gasteiger partial charge on any atom is 0.358 e. The van der Waals surface area contributed by atoms with Gasteiger partial charge in [-0.3, -0.25) is 14.9 Å². The van der Waals surface area contributed by atoms with Crippen molar-refractivity contribution < 1.29 is 19.2 Å². The lowest BCUT2D eigenvalue weighted by Crippen LogP contribution is -2.12. The third kappa shape index (κ3) is 4.58. The average Bonchev–Trinajstić information content (AvgIpc) is 3.19. The maximum atomic E-state index is 12.5. The number of nitro benzene ring substituents is 1. The Morgan fingerprint density at radius 2 is 2.03 bits per heavy atom. The van der Waals surface area contributed by atoms with Crippen LogP contribution in [0, 0.1) is 10.1 Å². The number of ether oxygens (including phenoxy) is 1. The maximum absolute atomic E-state index is 12.5. The molecule has 10 heteroatoms. The van der Waals surface area contributed by atoms with Gasteiger partial charge in [0.1, 0.15) is 5.02 Å². The zero-order chi connectivity index (χ0) is 21.0. The van der Waals surface area contributed by atoms with Crippen LogP contribution in [-0.2, 0) is 4.74 Å². The molecule has 0 atom stereocenters. The fourth-order valence-corrected chi connectivity index (χ4v) is 2.69. The minimum absolute atomic E-state index is 0.0513. The zero-order valence-electron chi connectivity index (χ0n) is 15.2. The van der Waals surface area contributed by atoms with Gasteiger partial charge in [-0.1, -0.05) is 17.7 Å². The summed E-state index contributed by atoms with van der Waals surface area (Å²) in [6, 6.07) is 12.1. The molecule has 1 aromatic heterocycles. The summed E-state index contributed by atoms with van der Waals surface area (Å²) in [5.41, 5.74) is 0.944. The first kappa shape index (κ1) is 20.0. The summed E-state index contributed by atoms with van der Waals surface area (Å²) in [4.78, 5) is 34.5. The fraction of sp³-hybridized carbons (Fsp3) is 0.105. The van der Waals surface area contributed by atoms with E-state index in [4.69, 9.17) is 16.3 Å². The number of benzene rings is 2. The molecule has 0 aliphatic rings. The highest BCUT2D eigenvalue weighted by Crippen LogP contribution is 2.25. The standard InChI is InChI=1S/C19H15ClN4O5/c1-2-29-19(26)16-8-9-23(22-16)14-5-3-4-13(11-14)21-18(25)12-6-7-15(20)17(10-12)24(27)28/h3-11H,2H2,1H3,(H,21,25). The van der Waals surface area contributed by atoms with E-state index in [0.717, 1.165) is 6.07 Å². The second-order valence-electron chi connectivity index (χ2n) is 5.79. The zero-order valence-corrected chi connectivity index (χ0v) is 15.9. The van der Waals surface area contributed by atoms with Crippen LogP contribution in [-0.4, -0.2) is 33.2 Å². The van der Waals surface area contributed by atoms with Crippen molar-refractivity contribution in [3.63, 3.8) is 0 Å². The molecule has 0 spiro atoms. The minimum Gasteiger partial charge on any atom is -0.461 e. The number of carbonyl (C=O) groups excluding carboxylic acids is 2. The highest BCUT2D eigenvalue weighted by molar-refractivity contribution is 6.32. The number of hydrogen-bond acceptors (Lipinski definition) is 6. The van der Waals surface area contributed by atoms with Crippen molar-refractivity contribution in [2.75, 3.05) is 11.9 Å². The monoisotopic (exact) mass is 414 g/mol. The number of amides is 1. The first-order chi connectivity index (χ1) is 13.9. The molecule has 3 aromatic rings. The van der Waals surface area contributed by atoms with Crippen molar-refractivity contribution in [3.8, 4) is 5.69 Å². The Bertz CT molecular complexity index is 1100. The molecule has 3 rings (SSSR count). The molecule has 29 heavy (non-hydrogen) atoms. The van der Waals surface area contributed by atoms with E-state index in [1.807, 2.05) is 0 Å².